The number of nitrogens with two attached hydrogens (primary N) is 1. The van der Waals surface area contributed by atoms with Crippen molar-refractivity contribution in [2.75, 3.05) is 23.8 Å². The number of nitrogens with zero attached hydrogens (tertiary/aromatic N) is 4. The zero-order chi connectivity index (χ0) is 22.6. The molecule has 3 aromatic rings. The lowest BCUT2D eigenvalue weighted by Gasteiger charge is -2.28. The van der Waals surface area contributed by atoms with E-state index in [0.29, 0.717) is 18.2 Å². The Balaban J connectivity index is 1.47. The number of anilines is 1. The molecular weight excluding hydrogens is 402 g/mol. The molecular formula is C25H29N5O2. The molecule has 1 aromatic carbocycles. The van der Waals surface area contributed by atoms with Gasteiger partial charge in [-0.3, -0.25) is 5.01 Å². The van der Waals surface area contributed by atoms with Gasteiger partial charge in [0.25, 0.3) is 0 Å². The van der Waals surface area contributed by atoms with Gasteiger partial charge in [-0.1, -0.05) is 24.0 Å². The third-order valence-electron chi connectivity index (χ3n) is 5.24. The maximum atomic E-state index is 9.80. The number of piperidine rings is 1. The highest BCUT2D eigenvalue weighted by Gasteiger charge is 2.13. The fraction of sp³-hybridized carbons (Fsp3) is 0.360. The van der Waals surface area contributed by atoms with Gasteiger partial charge in [0, 0.05) is 36.0 Å². The summed E-state index contributed by atoms with van der Waals surface area (Å²) >= 11 is 0. The number of ether oxygens (including phenoxy) is 1. The van der Waals surface area contributed by atoms with E-state index in [0.717, 1.165) is 35.3 Å². The van der Waals surface area contributed by atoms with Crippen LogP contribution in [0.15, 0.2) is 48.9 Å². The van der Waals surface area contributed by atoms with Gasteiger partial charge in [0.15, 0.2) is 11.6 Å². The monoisotopic (exact) mass is 431 g/mol. The number of hydrogen-bond donors (Lipinski definition) is 2. The van der Waals surface area contributed by atoms with Crippen LogP contribution < -0.4 is 15.5 Å². The molecule has 3 heterocycles. The number of rotatable bonds is 5. The number of benzene rings is 1. The lowest BCUT2D eigenvalue weighted by atomic mass is 10.1. The molecule has 4 rings (SSSR count). The summed E-state index contributed by atoms with van der Waals surface area (Å²) in [6.45, 7) is 5.70. The minimum Gasteiger partial charge on any atom is -0.485 e. The predicted octanol–water partition coefficient (Wildman–Crippen LogP) is 3.35. The molecule has 0 spiro atoms. The zero-order valence-electron chi connectivity index (χ0n) is 18.6. The average molecular weight is 432 g/mol. The van der Waals surface area contributed by atoms with E-state index >= 15 is 0 Å². The SMILES string of the molecule is CC(C)(O)C#Cc1cccc(COc2cc(-c3cnn(N4CCCCC4)c3)cnc2N)c1. The molecule has 1 aliphatic heterocycles. The van der Waals surface area contributed by atoms with E-state index in [2.05, 4.69) is 26.9 Å². The second-order valence-electron chi connectivity index (χ2n) is 8.57. The first-order chi connectivity index (χ1) is 15.4. The van der Waals surface area contributed by atoms with Crippen molar-refractivity contribution in [2.45, 2.75) is 45.3 Å². The summed E-state index contributed by atoms with van der Waals surface area (Å²) in [5, 5.41) is 16.6. The summed E-state index contributed by atoms with van der Waals surface area (Å²) < 4.78 is 5.99. The Hall–Kier alpha value is -3.50. The van der Waals surface area contributed by atoms with Gasteiger partial charge in [0.1, 0.15) is 12.2 Å². The topological polar surface area (TPSA) is 89.4 Å². The molecule has 0 radical (unpaired) electrons. The normalized spacial score (nSPS) is 14.0. The van der Waals surface area contributed by atoms with Gasteiger partial charge in [-0.15, -0.1) is 0 Å². The molecule has 0 bridgehead atoms. The summed E-state index contributed by atoms with van der Waals surface area (Å²) in [6.07, 6.45) is 9.28. The zero-order valence-corrected chi connectivity index (χ0v) is 18.6. The number of hydrogen-bond acceptors (Lipinski definition) is 6. The first kappa shape index (κ1) is 21.7. The molecule has 3 N–H and O–H groups in total. The molecule has 1 aliphatic rings. The average Bonchev–Trinajstić information content (AvgIpc) is 3.28. The van der Waals surface area contributed by atoms with Crippen LogP contribution in [0.3, 0.4) is 0 Å². The Labute approximate surface area is 188 Å². The van der Waals surface area contributed by atoms with E-state index in [9.17, 15) is 5.11 Å². The number of pyridine rings is 1. The van der Waals surface area contributed by atoms with Crippen LogP contribution in [0.5, 0.6) is 5.75 Å². The van der Waals surface area contributed by atoms with Crippen molar-refractivity contribution in [1.29, 1.82) is 0 Å². The van der Waals surface area contributed by atoms with Crippen LogP contribution in [-0.4, -0.2) is 38.7 Å². The van der Waals surface area contributed by atoms with E-state index in [1.807, 2.05) is 47.5 Å². The van der Waals surface area contributed by atoms with Crippen LogP contribution in [0.4, 0.5) is 5.82 Å². The Kier molecular flexibility index (Phi) is 6.33. The Bertz CT molecular complexity index is 1130. The van der Waals surface area contributed by atoms with Gasteiger partial charge >= 0.3 is 0 Å². The molecule has 2 aromatic heterocycles. The first-order valence-electron chi connectivity index (χ1n) is 10.9. The van der Waals surface area contributed by atoms with Gasteiger partial charge < -0.3 is 15.6 Å². The molecule has 0 atom stereocenters. The van der Waals surface area contributed by atoms with Crippen LogP contribution in [0.25, 0.3) is 11.1 Å². The minimum atomic E-state index is -1.03. The van der Waals surface area contributed by atoms with E-state index in [-0.39, 0.29) is 0 Å². The molecule has 7 nitrogen and oxygen atoms in total. The highest BCUT2D eigenvalue weighted by atomic mass is 16.5. The number of aliphatic hydroxyl groups is 1. The lowest BCUT2D eigenvalue weighted by molar-refractivity contribution is 0.143. The standard InChI is InChI=1S/C25H29N5O2/c1-25(2,31)10-9-19-7-6-8-20(13-19)18-32-23-14-21(15-27-24(23)26)22-16-28-30(17-22)29-11-4-3-5-12-29/h6-8,13-17,31H,3-5,11-12,18H2,1-2H3,(H2,26,27). The molecule has 32 heavy (non-hydrogen) atoms. The maximum absolute atomic E-state index is 9.80. The van der Waals surface area contributed by atoms with Gasteiger partial charge in [-0.2, -0.15) is 9.89 Å². The van der Waals surface area contributed by atoms with Crippen LogP contribution in [0, 0.1) is 11.8 Å². The van der Waals surface area contributed by atoms with Crippen LogP contribution in [0.2, 0.25) is 0 Å². The molecule has 0 unspecified atom stereocenters. The van der Waals surface area contributed by atoms with Gasteiger partial charge in [0.2, 0.25) is 0 Å². The van der Waals surface area contributed by atoms with Crippen molar-refractivity contribution >= 4 is 5.82 Å². The van der Waals surface area contributed by atoms with Gasteiger partial charge in [0.05, 0.1) is 12.4 Å². The summed E-state index contributed by atoms with van der Waals surface area (Å²) in [7, 11) is 0. The second kappa shape index (κ2) is 9.33. The van der Waals surface area contributed by atoms with Gasteiger partial charge in [-0.25, -0.2) is 4.98 Å². The smallest absolute Gasteiger partial charge is 0.166 e. The molecule has 0 saturated carbocycles. The van der Waals surface area contributed by atoms with E-state index in [1.165, 1.54) is 19.3 Å². The van der Waals surface area contributed by atoms with Crippen LogP contribution >= 0.6 is 0 Å². The number of nitrogen functional groups attached to an aromatic ring is 1. The summed E-state index contributed by atoms with van der Waals surface area (Å²) in [4.78, 5) is 6.24. The molecule has 1 fully saturated rings. The van der Waals surface area contributed by atoms with Crippen molar-refractivity contribution in [1.82, 2.24) is 14.9 Å². The third-order valence-corrected chi connectivity index (χ3v) is 5.24. The molecule has 0 amide bonds. The summed E-state index contributed by atoms with van der Waals surface area (Å²) in [5.41, 5.74) is 8.68. The van der Waals surface area contributed by atoms with Crippen molar-refractivity contribution < 1.29 is 9.84 Å². The van der Waals surface area contributed by atoms with Crippen LogP contribution in [-0.2, 0) is 6.61 Å². The Morgan fingerprint density at radius 3 is 2.72 bits per heavy atom. The van der Waals surface area contributed by atoms with Gasteiger partial charge in [-0.05, 0) is 56.9 Å². The highest BCUT2D eigenvalue weighted by Crippen LogP contribution is 2.27. The highest BCUT2D eigenvalue weighted by molar-refractivity contribution is 5.65. The van der Waals surface area contributed by atoms with E-state index in [1.54, 1.807) is 20.0 Å². The molecule has 1 saturated heterocycles. The predicted molar refractivity (Wildman–Crippen MR) is 126 cm³/mol. The van der Waals surface area contributed by atoms with Crippen molar-refractivity contribution in [3.05, 3.63) is 60.0 Å². The molecule has 0 aliphatic carbocycles. The molecule has 166 valence electrons. The second-order valence-corrected chi connectivity index (χ2v) is 8.57. The Morgan fingerprint density at radius 2 is 1.94 bits per heavy atom. The lowest BCUT2D eigenvalue weighted by Crippen LogP contribution is -2.39. The first-order valence-corrected chi connectivity index (χ1v) is 10.9. The van der Waals surface area contributed by atoms with E-state index < -0.39 is 5.60 Å². The minimum absolute atomic E-state index is 0.334. The summed E-state index contributed by atoms with van der Waals surface area (Å²) in [5.74, 6) is 6.68. The fourth-order valence-electron chi connectivity index (χ4n) is 3.55. The summed E-state index contributed by atoms with van der Waals surface area (Å²) in [6, 6.07) is 9.62. The fourth-order valence-corrected chi connectivity index (χ4v) is 3.55. The van der Waals surface area contributed by atoms with Crippen molar-refractivity contribution in [2.24, 2.45) is 0 Å². The largest absolute Gasteiger partial charge is 0.485 e. The quantitative estimate of drug-likeness (QED) is 0.602. The number of aromatic nitrogens is 3. The molecule has 7 heteroatoms. The third kappa shape index (κ3) is 5.59. The van der Waals surface area contributed by atoms with E-state index in [4.69, 9.17) is 10.5 Å². The van der Waals surface area contributed by atoms with Crippen LogP contribution in [0.1, 0.15) is 44.2 Å². The van der Waals surface area contributed by atoms with Crippen molar-refractivity contribution in [3.63, 3.8) is 0 Å². The Morgan fingerprint density at radius 1 is 1.12 bits per heavy atom. The maximum Gasteiger partial charge on any atom is 0.166 e. The van der Waals surface area contributed by atoms with Crippen molar-refractivity contribution in [3.8, 4) is 28.7 Å².